The van der Waals surface area contributed by atoms with Crippen LogP contribution in [0.15, 0.2) is 72.1 Å². The number of ether oxygens (including phenoxy) is 1. The molecule has 168 valence electrons. The molecule has 1 amide bonds. The van der Waals surface area contributed by atoms with Gasteiger partial charge in [-0.15, -0.1) is 0 Å². The van der Waals surface area contributed by atoms with E-state index in [4.69, 9.17) is 4.74 Å². The zero-order chi connectivity index (χ0) is 22.4. The Hall–Kier alpha value is -3.08. The monoisotopic (exact) mass is 455 g/mol. The molecule has 0 aliphatic carbocycles. The smallest absolute Gasteiger partial charge is 0.251 e. The Bertz CT molecular complexity index is 1130. The molecule has 1 aromatic heterocycles. The van der Waals surface area contributed by atoms with Gasteiger partial charge in [0, 0.05) is 18.7 Å². The predicted molar refractivity (Wildman–Crippen MR) is 117 cm³/mol. The summed E-state index contributed by atoms with van der Waals surface area (Å²) in [6.07, 6.45) is 4.66. The normalized spacial score (nSPS) is 17.2. The fraction of sp³-hybridized carbons (Fsp3) is 0.318. The third-order valence-electron chi connectivity index (χ3n) is 5.28. The molecule has 1 aliphatic heterocycles. The fourth-order valence-electron chi connectivity index (χ4n) is 3.57. The molecule has 2 unspecified atom stereocenters. The Kier molecular flexibility index (Phi) is 6.93. The van der Waals surface area contributed by atoms with Crippen LogP contribution < -0.4 is 10.0 Å². The van der Waals surface area contributed by atoms with Crippen LogP contribution in [0.1, 0.15) is 34.8 Å². The highest BCUT2D eigenvalue weighted by atomic mass is 32.2. The predicted octanol–water partition coefficient (Wildman–Crippen LogP) is 1.91. The lowest BCUT2D eigenvalue weighted by Gasteiger charge is -2.19. The lowest BCUT2D eigenvalue weighted by atomic mass is 10.1. The van der Waals surface area contributed by atoms with Crippen LogP contribution in [0.3, 0.4) is 0 Å². The Morgan fingerprint density at radius 1 is 1.19 bits per heavy atom. The number of nitrogens with one attached hydrogen (secondary N) is 2. The van der Waals surface area contributed by atoms with Crippen molar-refractivity contribution in [2.45, 2.75) is 36.4 Å². The molecule has 0 saturated carbocycles. The summed E-state index contributed by atoms with van der Waals surface area (Å²) in [5.41, 5.74) is 1.16. The van der Waals surface area contributed by atoms with Crippen LogP contribution in [0.5, 0.6) is 0 Å². The summed E-state index contributed by atoms with van der Waals surface area (Å²) in [7, 11) is -3.76. The van der Waals surface area contributed by atoms with Gasteiger partial charge in [0.25, 0.3) is 5.91 Å². The van der Waals surface area contributed by atoms with Gasteiger partial charge in [-0.2, -0.15) is 5.10 Å². The van der Waals surface area contributed by atoms with Crippen molar-refractivity contribution >= 4 is 15.9 Å². The third-order valence-corrected chi connectivity index (χ3v) is 6.70. The van der Waals surface area contributed by atoms with Crippen molar-refractivity contribution < 1.29 is 17.9 Å². The number of sulfonamides is 1. The van der Waals surface area contributed by atoms with Gasteiger partial charge in [-0.25, -0.2) is 18.1 Å². The summed E-state index contributed by atoms with van der Waals surface area (Å²) in [4.78, 5) is 17.0. The molecular formula is C22H25N5O4S. The third kappa shape index (κ3) is 5.58. The quantitative estimate of drug-likeness (QED) is 0.509. The number of carbonyl (C=O) groups excluding carboxylic acids is 1. The standard InChI is InChI=1S/C22H25N5O4S/c28-22(26-21(14-27-16-23-15-24-27)17-6-2-1-3-7-17)18-8-4-10-20(12-18)32(29,30)25-13-19-9-5-11-31-19/h1-4,6-8,10,12,15-16,19,21,25H,5,9,11,13-14H2,(H,26,28). The second-order valence-electron chi connectivity index (χ2n) is 7.57. The number of carbonyl (C=O) groups is 1. The maximum atomic E-state index is 13.0. The average molecular weight is 456 g/mol. The number of rotatable bonds is 9. The summed E-state index contributed by atoms with van der Waals surface area (Å²) in [6.45, 7) is 1.25. The maximum Gasteiger partial charge on any atom is 0.251 e. The van der Waals surface area contributed by atoms with Crippen LogP contribution in [0.4, 0.5) is 0 Å². The second kappa shape index (κ2) is 10.0. The van der Waals surface area contributed by atoms with Crippen LogP contribution in [0.25, 0.3) is 0 Å². The molecule has 0 bridgehead atoms. The molecular weight excluding hydrogens is 430 g/mol. The van der Waals surface area contributed by atoms with E-state index in [0.717, 1.165) is 18.4 Å². The molecule has 0 radical (unpaired) electrons. The molecule has 1 aliphatic rings. The molecule has 10 heteroatoms. The summed E-state index contributed by atoms with van der Waals surface area (Å²) >= 11 is 0. The van der Waals surface area contributed by atoms with Crippen molar-refractivity contribution in [3.8, 4) is 0 Å². The summed E-state index contributed by atoms with van der Waals surface area (Å²) in [6, 6.07) is 15.1. The van der Waals surface area contributed by atoms with Gasteiger partial charge in [0.15, 0.2) is 0 Å². The first-order valence-corrected chi connectivity index (χ1v) is 11.9. The van der Waals surface area contributed by atoms with Crippen LogP contribution in [-0.2, 0) is 21.3 Å². The molecule has 3 aromatic rings. The van der Waals surface area contributed by atoms with Gasteiger partial charge >= 0.3 is 0 Å². The van der Waals surface area contributed by atoms with Gasteiger partial charge in [-0.05, 0) is 36.6 Å². The molecule has 1 saturated heterocycles. The van der Waals surface area contributed by atoms with Gasteiger partial charge in [-0.3, -0.25) is 9.48 Å². The average Bonchev–Trinajstić information content (AvgIpc) is 3.52. The first-order chi connectivity index (χ1) is 15.5. The van der Waals surface area contributed by atoms with E-state index in [0.29, 0.717) is 13.2 Å². The Balaban J connectivity index is 1.49. The highest BCUT2D eigenvalue weighted by Gasteiger charge is 2.22. The zero-order valence-electron chi connectivity index (χ0n) is 17.4. The Labute approximate surface area is 186 Å². The van der Waals surface area contributed by atoms with E-state index in [9.17, 15) is 13.2 Å². The number of benzene rings is 2. The van der Waals surface area contributed by atoms with Crippen LogP contribution >= 0.6 is 0 Å². The first-order valence-electron chi connectivity index (χ1n) is 10.4. The van der Waals surface area contributed by atoms with Crippen molar-refractivity contribution in [1.82, 2.24) is 24.8 Å². The molecule has 32 heavy (non-hydrogen) atoms. The van der Waals surface area contributed by atoms with E-state index in [1.807, 2.05) is 30.3 Å². The highest BCUT2D eigenvalue weighted by molar-refractivity contribution is 7.89. The molecule has 2 heterocycles. The Morgan fingerprint density at radius 2 is 2.03 bits per heavy atom. The second-order valence-corrected chi connectivity index (χ2v) is 9.34. The highest BCUT2D eigenvalue weighted by Crippen LogP contribution is 2.18. The van der Waals surface area contributed by atoms with Crippen molar-refractivity contribution in [2.75, 3.05) is 13.2 Å². The molecule has 0 spiro atoms. The molecule has 1 fully saturated rings. The molecule has 9 nitrogen and oxygen atoms in total. The number of aromatic nitrogens is 3. The van der Waals surface area contributed by atoms with Gasteiger partial charge in [0.2, 0.25) is 10.0 Å². The van der Waals surface area contributed by atoms with Crippen LogP contribution in [0, 0.1) is 0 Å². The van der Waals surface area contributed by atoms with E-state index in [1.54, 1.807) is 23.1 Å². The number of hydrogen-bond donors (Lipinski definition) is 2. The first kappa shape index (κ1) is 22.1. The van der Waals surface area contributed by atoms with E-state index >= 15 is 0 Å². The van der Waals surface area contributed by atoms with Crippen LogP contribution in [0.2, 0.25) is 0 Å². The van der Waals surface area contributed by atoms with Gasteiger partial charge < -0.3 is 10.1 Å². The fourth-order valence-corrected chi connectivity index (χ4v) is 4.68. The van der Waals surface area contributed by atoms with Crippen LogP contribution in [-0.4, -0.2) is 48.3 Å². The minimum Gasteiger partial charge on any atom is -0.377 e. The molecule has 2 atom stereocenters. The number of hydrogen-bond acceptors (Lipinski definition) is 6. The number of nitrogens with zero attached hydrogens (tertiary/aromatic N) is 3. The van der Waals surface area contributed by atoms with Gasteiger partial charge in [0.05, 0.1) is 23.6 Å². The van der Waals surface area contributed by atoms with Gasteiger partial charge in [0.1, 0.15) is 12.7 Å². The summed E-state index contributed by atoms with van der Waals surface area (Å²) in [5.74, 6) is -0.379. The van der Waals surface area contributed by atoms with Gasteiger partial charge in [-0.1, -0.05) is 36.4 Å². The Morgan fingerprint density at radius 3 is 2.75 bits per heavy atom. The van der Waals surface area contributed by atoms with Crippen molar-refractivity contribution in [3.63, 3.8) is 0 Å². The van der Waals surface area contributed by atoms with E-state index in [2.05, 4.69) is 20.1 Å². The van der Waals surface area contributed by atoms with E-state index in [1.165, 1.54) is 18.5 Å². The summed E-state index contributed by atoms with van der Waals surface area (Å²) < 4.78 is 35.1. The topological polar surface area (TPSA) is 115 Å². The maximum absolute atomic E-state index is 13.0. The lowest BCUT2D eigenvalue weighted by Crippen LogP contribution is -2.33. The number of amides is 1. The van der Waals surface area contributed by atoms with Crippen molar-refractivity contribution in [3.05, 3.63) is 78.4 Å². The largest absolute Gasteiger partial charge is 0.377 e. The molecule has 2 aromatic carbocycles. The lowest BCUT2D eigenvalue weighted by molar-refractivity contribution is 0.0931. The van der Waals surface area contributed by atoms with Crippen molar-refractivity contribution in [2.24, 2.45) is 0 Å². The van der Waals surface area contributed by atoms with E-state index in [-0.39, 0.29) is 35.1 Å². The SMILES string of the molecule is O=C(NC(Cn1cncn1)c1ccccc1)c1cccc(S(=O)(=O)NCC2CCCO2)c1. The van der Waals surface area contributed by atoms with Crippen molar-refractivity contribution in [1.29, 1.82) is 0 Å². The minimum atomic E-state index is -3.76. The molecule has 4 rings (SSSR count). The van der Waals surface area contributed by atoms with E-state index < -0.39 is 10.0 Å². The minimum absolute atomic E-state index is 0.0377. The molecule has 2 N–H and O–H groups in total. The summed E-state index contributed by atoms with van der Waals surface area (Å²) in [5, 5.41) is 7.10. The zero-order valence-corrected chi connectivity index (χ0v) is 18.2.